The van der Waals surface area contributed by atoms with Crippen LogP contribution in [-0.2, 0) is 11.2 Å². The van der Waals surface area contributed by atoms with Crippen LogP contribution >= 0.6 is 11.3 Å². The van der Waals surface area contributed by atoms with Crippen molar-refractivity contribution in [3.05, 3.63) is 16.6 Å². The molecule has 1 amide bonds. The molecule has 0 saturated carbocycles. The predicted octanol–water partition coefficient (Wildman–Crippen LogP) is 3.89. The molecule has 1 atom stereocenters. The Bertz CT molecular complexity index is 403. The van der Waals surface area contributed by atoms with Crippen LogP contribution in [-0.4, -0.2) is 28.4 Å². The van der Waals surface area contributed by atoms with E-state index in [2.05, 4.69) is 23.7 Å². The molecule has 1 aromatic heterocycles. The largest absolute Gasteiger partial charge is 0.340 e. The number of aryl methyl sites for hydroxylation is 1. The van der Waals surface area contributed by atoms with Crippen LogP contribution in [0.3, 0.4) is 0 Å². The van der Waals surface area contributed by atoms with E-state index in [-0.39, 0.29) is 0 Å². The van der Waals surface area contributed by atoms with Crippen molar-refractivity contribution in [3.8, 4) is 0 Å². The number of likely N-dealkylation sites (tertiary alicyclic amines) is 1. The fraction of sp³-hybridized carbons (Fsp3) is 0.750. The minimum Gasteiger partial charge on any atom is -0.340 e. The molecular weight excluding hydrogens is 268 g/mol. The van der Waals surface area contributed by atoms with Crippen molar-refractivity contribution in [2.75, 3.05) is 6.54 Å². The first-order chi connectivity index (χ1) is 9.66. The summed E-state index contributed by atoms with van der Waals surface area (Å²) in [6, 6.07) is 0.459. The molecule has 1 aromatic rings. The van der Waals surface area contributed by atoms with Gasteiger partial charge in [-0.15, -0.1) is 11.3 Å². The van der Waals surface area contributed by atoms with E-state index in [1.54, 1.807) is 11.3 Å². The molecule has 1 aliphatic heterocycles. The monoisotopic (exact) mass is 294 g/mol. The lowest BCUT2D eigenvalue weighted by molar-refractivity contribution is -0.133. The zero-order valence-electron chi connectivity index (χ0n) is 12.7. The van der Waals surface area contributed by atoms with E-state index in [1.807, 2.05) is 10.9 Å². The van der Waals surface area contributed by atoms with Gasteiger partial charge in [0.25, 0.3) is 0 Å². The highest BCUT2D eigenvalue weighted by molar-refractivity contribution is 7.07. The van der Waals surface area contributed by atoms with Gasteiger partial charge in [0.05, 0.1) is 11.2 Å². The van der Waals surface area contributed by atoms with E-state index in [1.165, 1.54) is 19.3 Å². The van der Waals surface area contributed by atoms with Gasteiger partial charge < -0.3 is 4.90 Å². The van der Waals surface area contributed by atoms with Gasteiger partial charge in [-0.05, 0) is 31.6 Å². The summed E-state index contributed by atoms with van der Waals surface area (Å²) in [4.78, 5) is 19.0. The normalized spacial score (nSPS) is 20.1. The molecule has 20 heavy (non-hydrogen) atoms. The van der Waals surface area contributed by atoms with E-state index in [9.17, 15) is 4.79 Å². The van der Waals surface area contributed by atoms with Gasteiger partial charge in [-0.2, -0.15) is 0 Å². The lowest BCUT2D eigenvalue weighted by Crippen LogP contribution is -2.40. The Labute approximate surface area is 126 Å². The molecule has 1 aliphatic rings. The zero-order valence-corrected chi connectivity index (χ0v) is 13.5. The van der Waals surface area contributed by atoms with E-state index < -0.39 is 0 Å². The van der Waals surface area contributed by atoms with Crippen LogP contribution in [0.5, 0.6) is 0 Å². The van der Waals surface area contributed by atoms with Crippen LogP contribution in [0.4, 0.5) is 0 Å². The Morgan fingerprint density at radius 2 is 2.30 bits per heavy atom. The highest BCUT2D eigenvalue weighted by Crippen LogP contribution is 2.23. The smallest absolute Gasteiger partial charge is 0.223 e. The zero-order chi connectivity index (χ0) is 14.4. The molecule has 0 aliphatic carbocycles. The number of hydrogen-bond donors (Lipinski definition) is 0. The SMILES string of the molecule is CC(C)C[C@H]1CCCCCN1C(=O)CCc1cscn1. The first-order valence-electron chi connectivity index (χ1n) is 7.83. The second kappa shape index (κ2) is 7.77. The maximum absolute atomic E-state index is 12.5. The average Bonchev–Trinajstić information content (AvgIpc) is 2.82. The molecule has 1 saturated heterocycles. The van der Waals surface area contributed by atoms with Crippen molar-refractivity contribution in [2.45, 2.75) is 64.8 Å². The summed E-state index contributed by atoms with van der Waals surface area (Å²) in [5.41, 5.74) is 2.89. The van der Waals surface area contributed by atoms with E-state index >= 15 is 0 Å². The van der Waals surface area contributed by atoms with Crippen molar-refractivity contribution in [1.82, 2.24) is 9.88 Å². The Morgan fingerprint density at radius 3 is 3.00 bits per heavy atom. The molecule has 112 valence electrons. The molecule has 1 fully saturated rings. The summed E-state index contributed by atoms with van der Waals surface area (Å²) in [6.07, 6.45) is 7.42. The average molecular weight is 294 g/mol. The van der Waals surface area contributed by atoms with Crippen molar-refractivity contribution in [3.63, 3.8) is 0 Å². The van der Waals surface area contributed by atoms with Crippen LogP contribution in [0.2, 0.25) is 0 Å². The Morgan fingerprint density at radius 1 is 1.45 bits per heavy atom. The maximum Gasteiger partial charge on any atom is 0.223 e. The fourth-order valence-corrected chi connectivity index (χ4v) is 3.63. The number of carbonyl (C=O) groups excluding carboxylic acids is 1. The van der Waals surface area contributed by atoms with Gasteiger partial charge in [-0.1, -0.05) is 26.7 Å². The van der Waals surface area contributed by atoms with Crippen LogP contribution in [0.1, 0.15) is 58.1 Å². The number of amides is 1. The lowest BCUT2D eigenvalue weighted by Gasteiger charge is -2.31. The topological polar surface area (TPSA) is 33.2 Å². The quantitative estimate of drug-likeness (QED) is 0.825. The number of rotatable bonds is 5. The molecule has 2 rings (SSSR count). The third-order valence-corrected chi connectivity index (χ3v) is 4.65. The molecule has 4 heteroatoms. The molecule has 0 bridgehead atoms. The molecule has 3 nitrogen and oxygen atoms in total. The molecular formula is C16H26N2OS. The van der Waals surface area contributed by atoms with Crippen LogP contribution in [0, 0.1) is 5.92 Å². The molecule has 2 heterocycles. The van der Waals surface area contributed by atoms with Crippen LogP contribution in [0.25, 0.3) is 0 Å². The lowest BCUT2D eigenvalue weighted by atomic mass is 9.98. The first-order valence-corrected chi connectivity index (χ1v) is 8.77. The van der Waals surface area contributed by atoms with Gasteiger partial charge >= 0.3 is 0 Å². The minimum atomic E-state index is 0.325. The maximum atomic E-state index is 12.5. The standard InChI is InChI=1S/C16H26N2OS/c1-13(2)10-15-6-4-3-5-9-18(15)16(19)8-7-14-11-20-12-17-14/h11-13,15H,3-10H2,1-2H3/t15-/m1/s1. The third kappa shape index (κ3) is 4.58. The number of aromatic nitrogens is 1. The number of carbonyl (C=O) groups is 1. The van der Waals surface area contributed by atoms with Gasteiger partial charge in [-0.25, -0.2) is 4.98 Å². The Kier molecular flexibility index (Phi) is 6.02. The van der Waals surface area contributed by atoms with Gasteiger partial charge in [0.1, 0.15) is 0 Å². The van der Waals surface area contributed by atoms with Crippen molar-refractivity contribution < 1.29 is 4.79 Å². The van der Waals surface area contributed by atoms with Crippen molar-refractivity contribution >= 4 is 17.2 Å². The second-order valence-corrected chi connectivity index (χ2v) is 6.92. The predicted molar refractivity (Wildman–Crippen MR) is 83.9 cm³/mol. The molecule has 0 unspecified atom stereocenters. The summed E-state index contributed by atoms with van der Waals surface area (Å²) in [6.45, 7) is 5.46. The van der Waals surface area contributed by atoms with Gasteiger partial charge in [0.15, 0.2) is 0 Å². The second-order valence-electron chi connectivity index (χ2n) is 6.20. The molecule has 0 spiro atoms. The van der Waals surface area contributed by atoms with Gasteiger partial charge in [0.2, 0.25) is 5.91 Å². The van der Waals surface area contributed by atoms with Gasteiger partial charge in [0, 0.05) is 24.4 Å². The first kappa shape index (κ1) is 15.5. The summed E-state index contributed by atoms with van der Waals surface area (Å²) in [5.74, 6) is 0.984. The van der Waals surface area contributed by atoms with Gasteiger partial charge in [-0.3, -0.25) is 4.79 Å². The number of nitrogens with zero attached hydrogens (tertiary/aromatic N) is 2. The van der Waals surface area contributed by atoms with E-state index in [0.717, 1.165) is 31.5 Å². The van der Waals surface area contributed by atoms with E-state index in [4.69, 9.17) is 0 Å². The fourth-order valence-electron chi connectivity index (χ4n) is 3.03. The summed E-state index contributed by atoms with van der Waals surface area (Å²) < 4.78 is 0. The van der Waals surface area contributed by atoms with E-state index in [0.29, 0.717) is 24.3 Å². The van der Waals surface area contributed by atoms with Crippen molar-refractivity contribution in [1.29, 1.82) is 0 Å². The summed E-state index contributed by atoms with van der Waals surface area (Å²) in [7, 11) is 0. The van der Waals surface area contributed by atoms with Crippen LogP contribution in [0.15, 0.2) is 10.9 Å². The molecule has 0 radical (unpaired) electrons. The third-order valence-electron chi connectivity index (χ3n) is 4.02. The number of thiazole rings is 1. The Balaban J connectivity index is 1.92. The number of hydrogen-bond acceptors (Lipinski definition) is 3. The summed E-state index contributed by atoms with van der Waals surface area (Å²) in [5, 5.41) is 2.04. The van der Waals surface area contributed by atoms with Crippen molar-refractivity contribution in [2.24, 2.45) is 5.92 Å². The highest BCUT2D eigenvalue weighted by atomic mass is 32.1. The highest BCUT2D eigenvalue weighted by Gasteiger charge is 2.25. The molecule has 0 aromatic carbocycles. The Hall–Kier alpha value is -0.900. The minimum absolute atomic E-state index is 0.325. The van der Waals surface area contributed by atoms with Crippen LogP contribution < -0.4 is 0 Å². The molecule has 0 N–H and O–H groups in total. The summed E-state index contributed by atoms with van der Waals surface area (Å²) >= 11 is 1.60.